The highest BCUT2D eigenvalue weighted by Crippen LogP contribution is 2.33. The average molecular weight is 337 g/mol. The van der Waals surface area contributed by atoms with Crippen molar-refractivity contribution in [2.45, 2.75) is 6.92 Å². The monoisotopic (exact) mass is 337 g/mol. The van der Waals surface area contributed by atoms with Gasteiger partial charge in [-0.2, -0.15) is 0 Å². The van der Waals surface area contributed by atoms with Crippen molar-refractivity contribution in [2.75, 3.05) is 14.2 Å². The van der Waals surface area contributed by atoms with Gasteiger partial charge in [0.15, 0.2) is 0 Å². The van der Waals surface area contributed by atoms with E-state index in [1.165, 1.54) is 10.6 Å². The van der Waals surface area contributed by atoms with E-state index in [0.717, 1.165) is 22.6 Å². The maximum atomic E-state index is 5.28. The van der Waals surface area contributed by atoms with Gasteiger partial charge in [0, 0.05) is 13.6 Å². The van der Waals surface area contributed by atoms with E-state index in [1.807, 2.05) is 37.3 Å². The Bertz CT molecular complexity index is 753. The molecule has 122 valence electrons. The van der Waals surface area contributed by atoms with Gasteiger partial charge in [0.1, 0.15) is 11.5 Å². The Balaban J connectivity index is 2.08. The van der Waals surface area contributed by atoms with Crippen molar-refractivity contribution < 1.29 is 9.47 Å². The van der Waals surface area contributed by atoms with Gasteiger partial charge >= 0.3 is 0 Å². The number of hydrogen-bond acceptors (Lipinski definition) is 3. The quantitative estimate of drug-likeness (QED) is 0.670. The minimum atomic E-state index is -0.719. The van der Waals surface area contributed by atoms with Gasteiger partial charge in [0.2, 0.25) is 0 Å². The number of hydrogen-bond donors (Lipinski definition) is 0. The minimum Gasteiger partial charge on any atom is -0.497 e. The summed E-state index contributed by atoms with van der Waals surface area (Å²) < 4.78 is 10.6. The van der Waals surface area contributed by atoms with Gasteiger partial charge in [0.05, 0.1) is 19.7 Å². The molecular weight excluding hydrogens is 317 g/mol. The molecule has 1 aromatic heterocycles. The molecule has 1 heterocycles. The lowest BCUT2D eigenvalue weighted by molar-refractivity contribution is 0.415. The van der Waals surface area contributed by atoms with Crippen molar-refractivity contribution in [3.05, 3.63) is 72.4 Å². The number of benzene rings is 2. The van der Waals surface area contributed by atoms with Gasteiger partial charge < -0.3 is 9.47 Å². The molecule has 0 amide bonds. The summed E-state index contributed by atoms with van der Waals surface area (Å²) in [5.74, 6) is 1.72. The molecule has 3 nitrogen and oxygen atoms in total. The van der Waals surface area contributed by atoms with Crippen molar-refractivity contribution in [3.8, 4) is 11.5 Å². The lowest BCUT2D eigenvalue weighted by Crippen LogP contribution is -2.23. The van der Waals surface area contributed by atoms with Crippen LogP contribution in [0.15, 0.2) is 66.7 Å². The third kappa shape index (κ3) is 3.58. The topological polar surface area (TPSA) is 31.4 Å². The SMILES string of the molecule is COc1ccc(P(c2ccc(OC)cc2)c2cccc(C)n2)cc1. The predicted octanol–water partition coefficient (Wildman–Crippen LogP) is 3.17. The zero-order valence-electron chi connectivity index (χ0n) is 14.1. The first-order valence-corrected chi connectivity index (χ1v) is 9.07. The third-order valence-corrected chi connectivity index (χ3v) is 6.10. The molecule has 0 radical (unpaired) electrons. The number of nitrogens with zero attached hydrogens (tertiary/aromatic N) is 1. The highest BCUT2D eigenvalue weighted by atomic mass is 31.1. The Morgan fingerprint density at radius 2 is 1.21 bits per heavy atom. The molecule has 2 aromatic carbocycles. The molecule has 0 saturated carbocycles. The molecule has 0 aliphatic carbocycles. The Labute approximate surface area is 144 Å². The van der Waals surface area contributed by atoms with E-state index < -0.39 is 7.92 Å². The van der Waals surface area contributed by atoms with E-state index in [9.17, 15) is 0 Å². The molecule has 24 heavy (non-hydrogen) atoms. The second-order valence-electron chi connectivity index (χ2n) is 5.37. The number of ether oxygens (including phenoxy) is 2. The van der Waals surface area contributed by atoms with Crippen LogP contribution in [0.2, 0.25) is 0 Å². The van der Waals surface area contributed by atoms with Crippen LogP contribution in [0, 0.1) is 6.92 Å². The van der Waals surface area contributed by atoms with Gasteiger partial charge in [0.25, 0.3) is 0 Å². The average Bonchev–Trinajstić information content (AvgIpc) is 2.63. The maximum absolute atomic E-state index is 5.28. The van der Waals surface area contributed by atoms with Gasteiger partial charge in [-0.05, 0) is 53.9 Å². The number of aryl methyl sites for hydroxylation is 1. The summed E-state index contributed by atoms with van der Waals surface area (Å²) in [6.45, 7) is 2.03. The summed E-state index contributed by atoms with van der Waals surface area (Å²) in [4.78, 5) is 4.78. The molecule has 0 atom stereocenters. The third-order valence-electron chi connectivity index (χ3n) is 3.76. The molecule has 3 rings (SSSR count). The molecule has 0 spiro atoms. The van der Waals surface area contributed by atoms with Gasteiger partial charge in [-0.25, -0.2) is 0 Å². The summed E-state index contributed by atoms with van der Waals surface area (Å²) in [5.41, 5.74) is 2.13. The van der Waals surface area contributed by atoms with E-state index in [2.05, 4.69) is 36.4 Å². The van der Waals surface area contributed by atoms with Crippen LogP contribution < -0.4 is 25.5 Å². The van der Waals surface area contributed by atoms with Crippen LogP contribution in [-0.4, -0.2) is 19.2 Å². The van der Waals surface area contributed by atoms with E-state index >= 15 is 0 Å². The second-order valence-corrected chi connectivity index (χ2v) is 7.53. The fourth-order valence-corrected chi connectivity index (χ4v) is 4.74. The van der Waals surface area contributed by atoms with Gasteiger partial charge in [-0.1, -0.05) is 30.3 Å². The fourth-order valence-electron chi connectivity index (χ4n) is 2.53. The molecule has 0 bridgehead atoms. The molecule has 0 unspecified atom stereocenters. The van der Waals surface area contributed by atoms with Crippen LogP contribution in [0.5, 0.6) is 11.5 Å². The first-order chi connectivity index (χ1) is 11.7. The molecular formula is C20H20NO2P. The van der Waals surface area contributed by atoms with E-state index in [1.54, 1.807) is 14.2 Å². The van der Waals surface area contributed by atoms with Crippen molar-refractivity contribution in [1.82, 2.24) is 4.98 Å². The normalized spacial score (nSPS) is 10.7. The fraction of sp³-hybridized carbons (Fsp3) is 0.150. The molecule has 0 aliphatic heterocycles. The summed E-state index contributed by atoms with van der Waals surface area (Å²) >= 11 is 0. The zero-order chi connectivity index (χ0) is 16.9. The molecule has 3 aromatic rings. The highest BCUT2D eigenvalue weighted by molar-refractivity contribution is 7.79. The van der Waals surface area contributed by atoms with Crippen LogP contribution in [0.1, 0.15) is 5.69 Å². The van der Waals surface area contributed by atoms with Crippen molar-refractivity contribution in [3.63, 3.8) is 0 Å². The first-order valence-electron chi connectivity index (χ1n) is 7.73. The lowest BCUT2D eigenvalue weighted by atomic mass is 10.3. The van der Waals surface area contributed by atoms with Crippen molar-refractivity contribution in [1.29, 1.82) is 0 Å². The minimum absolute atomic E-state index is 0.719. The summed E-state index contributed by atoms with van der Waals surface area (Å²) in [5, 5.41) is 2.49. The molecule has 0 aliphatic rings. The summed E-state index contributed by atoms with van der Waals surface area (Å²) in [7, 11) is 2.65. The Morgan fingerprint density at radius 3 is 1.62 bits per heavy atom. The predicted molar refractivity (Wildman–Crippen MR) is 101 cm³/mol. The highest BCUT2D eigenvalue weighted by Gasteiger charge is 2.18. The largest absolute Gasteiger partial charge is 0.497 e. The number of methoxy groups -OCH3 is 2. The first kappa shape index (κ1) is 16.5. The maximum Gasteiger partial charge on any atom is 0.118 e. The van der Waals surface area contributed by atoms with E-state index in [4.69, 9.17) is 14.5 Å². The van der Waals surface area contributed by atoms with Gasteiger partial charge in [-0.3, -0.25) is 4.98 Å². The standard InChI is InChI=1S/C20H20NO2P/c1-15-5-4-6-20(21-15)24(18-11-7-16(22-2)8-12-18)19-13-9-17(23-3)10-14-19/h4-14H,1-3H3. The second kappa shape index (κ2) is 7.46. The summed E-state index contributed by atoms with van der Waals surface area (Å²) in [6.07, 6.45) is 0. The molecule has 0 saturated heterocycles. The molecule has 0 N–H and O–H groups in total. The van der Waals surface area contributed by atoms with Crippen molar-refractivity contribution in [2.24, 2.45) is 0 Å². The van der Waals surface area contributed by atoms with Crippen LogP contribution in [0.25, 0.3) is 0 Å². The smallest absolute Gasteiger partial charge is 0.118 e. The number of rotatable bonds is 5. The van der Waals surface area contributed by atoms with Crippen LogP contribution in [0.4, 0.5) is 0 Å². The van der Waals surface area contributed by atoms with E-state index in [0.29, 0.717) is 0 Å². The van der Waals surface area contributed by atoms with Crippen molar-refractivity contribution >= 4 is 24.0 Å². The summed E-state index contributed by atoms with van der Waals surface area (Å²) in [6, 6.07) is 22.7. The Hall–Kier alpha value is -2.38. The van der Waals surface area contributed by atoms with Gasteiger partial charge in [-0.15, -0.1) is 0 Å². The zero-order valence-corrected chi connectivity index (χ0v) is 15.0. The van der Waals surface area contributed by atoms with Crippen LogP contribution in [-0.2, 0) is 0 Å². The number of pyridine rings is 1. The van der Waals surface area contributed by atoms with E-state index in [-0.39, 0.29) is 0 Å². The Morgan fingerprint density at radius 1 is 0.708 bits per heavy atom. The Kier molecular flexibility index (Phi) is 5.12. The molecule has 0 fully saturated rings. The molecule has 4 heteroatoms. The lowest BCUT2D eigenvalue weighted by Gasteiger charge is -2.19. The number of aromatic nitrogens is 1. The van der Waals surface area contributed by atoms with Crippen LogP contribution in [0.3, 0.4) is 0 Å². The van der Waals surface area contributed by atoms with Crippen LogP contribution >= 0.6 is 7.92 Å².